The first kappa shape index (κ1) is 47.3. The van der Waals surface area contributed by atoms with E-state index in [1.165, 1.54) is 4.90 Å². The Hall–Kier alpha value is -5.39. The quantitative estimate of drug-likeness (QED) is 0.0675. The molecule has 0 saturated carbocycles. The van der Waals surface area contributed by atoms with Gasteiger partial charge in [-0.3, -0.25) is 38.5 Å². The van der Waals surface area contributed by atoms with Crippen LogP contribution >= 0.6 is 0 Å². The molecule has 2 fully saturated rings. The van der Waals surface area contributed by atoms with Gasteiger partial charge in [-0.05, 0) is 62.1 Å². The summed E-state index contributed by atoms with van der Waals surface area (Å²) in [4.78, 5) is 96.1. The Labute approximate surface area is 351 Å². The van der Waals surface area contributed by atoms with Gasteiger partial charge in [-0.25, -0.2) is 0 Å². The minimum atomic E-state index is -1.10. The number of carboxylic acids is 2. The van der Waals surface area contributed by atoms with Crippen LogP contribution in [-0.4, -0.2) is 142 Å². The zero-order valence-electron chi connectivity index (χ0n) is 34.7. The van der Waals surface area contributed by atoms with Gasteiger partial charge in [-0.1, -0.05) is 74.5 Å². The van der Waals surface area contributed by atoms with E-state index in [0.717, 1.165) is 11.1 Å². The molecule has 0 spiro atoms. The summed E-state index contributed by atoms with van der Waals surface area (Å²) in [5, 5.41) is 26.9. The van der Waals surface area contributed by atoms with Gasteiger partial charge in [-0.15, -0.1) is 0 Å². The molecule has 0 radical (unpaired) electrons. The Morgan fingerprint density at radius 3 is 1.78 bits per heavy atom. The monoisotopic (exact) mass is 834 g/mol. The third-order valence-electron chi connectivity index (χ3n) is 10.9. The number of amides is 5. The summed E-state index contributed by atoms with van der Waals surface area (Å²) in [6.45, 7) is 4.71. The number of likely N-dealkylation sites (tertiary alicyclic amines) is 2. The highest BCUT2D eigenvalue weighted by molar-refractivity contribution is 5.95. The molecule has 17 heteroatoms. The van der Waals surface area contributed by atoms with Crippen LogP contribution in [-0.2, 0) is 46.4 Å². The van der Waals surface area contributed by atoms with Crippen LogP contribution in [0.3, 0.4) is 0 Å². The molecule has 5 amide bonds. The van der Waals surface area contributed by atoms with E-state index >= 15 is 0 Å². The molecule has 60 heavy (non-hydrogen) atoms. The maximum absolute atomic E-state index is 14.2. The molecule has 0 aliphatic carbocycles. The largest absolute Gasteiger partial charge is 0.481 e. The molecule has 2 heterocycles. The number of piperazine rings is 1. The lowest BCUT2D eigenvalue weighted by atomic mass is 9.86. The number of nitrogens with one attached hydrogen (secondary N) is 3. The molecular weight excluding hydrogens is 773 g/mol. The lowest BCUT2D eigenvalue weighted by molar-refractivity contribution is -0.159. The molecule has 2 aromatic carbocycles. The van der Waals surface area contributed by atoms with Crippen molar-refractivity contribution in [1.29, 1.82) is 0 Å². The number of nitrogens with two attached hydrogens (primary N) is 2. The second-order valence-corrected chi connectivity index (χ2v) is 16.2. The first-order valence-electron chi connectivity index (χ1n) is 20.9. The van der Waals surface area contributed by atoms with Crippen molar-refractivity contribution in [2.75, 3.05) is 39.3 Å². The van der Waals surface area contributed by atoms with Gasteiger partial charge in [0.15, 0.2) is 0 Å². The number of hydrogen-bond donors (Lipinski definition) is 7. The van der Waals surface area contributed by atoms with Crippen molar-refractivity contribution < 1.29 is 43.8 Å². The van der Waals surface area contributed by atoms with Gasteiger partial charge in [0.1, 0.15) is 18.1 Å². The van der Waals surface area contributed by atoms with E-state index in [4.69, 9.17) is 21.7 Å². The van der Waals surface area contributed by atoms with Crippen LogP contribution in [0.5, 0.6) is 0 Å². The molecule has 0 aromatic heterocycles. The molecule has 2 saturated heterocycles. The summed E-state index contributed by atoms with van der Waals surface area (Å²) in [6.07, 6.45) is 2.26. The molecule has 2 aromatic rings. The van der Waals surface area contributed by atoms with Crippen molar-refractivity contribution >= 4 is 41.5 Å². The van der Waals surface area contributed by atoms with E-state index in [1.807, 2.05) is 79.4 Å². The van der Waals surface area contributed by atoms with Crippen LogP contribution in [0.1, 0.15) is 69.9 Å². The van der Waals surface area contributed by atoms with E-state index < -0.39 is 53.8 Å². The Balaban J connectivity index is 1.44. The van der Waals surface area contributed by atoms with Crippen LogP contribution in [0.25, 0.3) is 0 Å². The number of aliphatic carboxylic acids is 2. The molecule has 6 unspecified atom stereocenters. The van der Waals surface area contributed by atoms with Gasteiger partial charge < -0.3 is 47.4 Å². The van der Waals surface area contributed by atoms with Crippen LogP contribution in [0.2, 0.25) is 0 Å². The summed E-state index contributed by atoms with van der Waals surface area (Å²) >= 11 is 0. The Morgan fingerprint density at radius 2 is 1.25 bits per heavy atom. The van der Waals surface area contributed by atoms with Crippen molar-refractivity contribution in [2.24, 2.45) is 17.4 Å². The molecule has 6 atom stereocenters. The number of unbranched alkanes of at least 4 members (excludes halogenated alkanes) is 1. The fourth-order valence-electron chi connectivity index (χ4n) is 7.78. The number of carbonyl (C=O) groups is 7. The summed E-state index contributed by atoms with van der Waals surface area (Å²) in [5.74, 6) is -4.49. The molecule has 17 nitrogen and oxygen atoms in total. The summed E-state index contributed by atoms with van der Waals surface area (Å²) in [5.41, 5.74) is 13.7. The average molecular weight is 835 g/mol. The molecule has 2 aliphatic heterocycles. The van der Waals surface area contributed by atoms with E-state index in [9.17, 15) is 33.6 Å². The summed E-state index contributed by atoms with van der Waals surface area (Å²) in [7, 11) is 0. The Morgan fingerprint density at radius 1 is 0.733 bits per heavy atom. The fourth-order valence-corrected chi connectivity index (χ4v) is 7.78. The lowest BCUT2D eigenvalue weighted by Crippen LogP contribution is -2.73. The average Bonchev–Trinajstić information content (AvgIpc) is 3.20. The number of piperidine rings is 1. The molecule has 2 bridgehead atoms. The van der Waals surface area contributed by atoms with Gasteiger partial charge in [-0.2, -0.15) is 0 Å². The smallest absolute Gasteiger partial charge is 0.305 e. The highest BCUT2D eigenvalue weighted by atomic mass is 16.4. The standard InChI is InChI=1S/C43H62N8O9/c1-28(2)21-35(48-42(59)36(23-30-13-7-4-8-14-30)47-40(57)33(45)22-29-11-5-3-6-12-29)41(58)46-34(15-9-10-18-44)43(60)51-31-24-32(51)26-49(25-31)27-37(52)50(19-16-38(53)54)20-17-39(55)56/h3-8,11-14,28,31-36H,9-10,15-27,44-45H2,1-2H3,(H,46,58)(H,47,57)(H,48,59)(H,53,54)(H,55,56). The van der Waals surface area contributed by atoms with Gasteiger partial charge in [0, 0.05) is 44.7 Å². The highest BCUT2D eigenvalue weighted by Gasteiger charge is 2.49. The van der Waals surface area contributed by atoms with Crippen LogP contribution < -0.4 is 27.4 Å². The maximum atomic E-state index is 14.2. The van der Waals surface area contributed by atoms with Crippen molar-refractivity contribution in [3.8, 4) is 0 Å². The van der Waals surface area contributed by atoms with Gasteiger partial charge in [0.2, 0.25) is 29.5 Å². The van der Waals surface area contributed by atoms with Gasteiger partial charge >= 0.3 is 11.9 Å². The second kappa shape index (κ2) is 23.4. The number of hydrogen-bond acceptors (Lipinski definition) is 10. The zero-order chi connectivity index (χ0) is 43.8. The van der Waals surface area contributed by atoms with Gasteiger partial charge in [0.05, 0.1) is 25.4 Å². The number of fused-ring (bicyclic) bond motifs is 2. The molecular formula is C43H62N8O9. The number of carbonyl (C=O) groups excluding carboxylic acids is 5. The second-order valence-electron chi connectivity index (χ2n) is 16.2. The first-order valence-corrected chi connectivity index (χ1v) is 20.9. The Bertz CT molecular complexity index is 1730. The number of benzene rings is 2. The SMILES string of the molecule is CC(C)CC(NC(=O)C(Cc1ccccc1)NC(=O)C(N)Cc1ccccc1)C(=O)NC(CCCCN)C(=O)N1C2CC1CN(CC(=O)N(CCC(=O)O)CCC(=O)O)C2. The number of rotatable bonds is 25. The summed E-state index contributed by atoms with van der Waals surface area (Å²) in [6, 6.07) is 14.1. The van der Waals surface area contributed by atoms with Crippen molar-refractivity contribution in [3.63, 3.8) is 0 Å². The number of carboxylic acid groups (broad SMARTS) is 2. The van der Waals surface area contributed by atoms with Gasteiger partial charge in [0.25, 0.3) is 0 Å². The molecule has 328 valence electrons. The summed E-state index contributed by atoms with van der Waals surface area (Å²) < 4.78 is 0. The third kappa shape index (κ3) is 14.7. The van der Waals surface area contributed by atoms with E-state index in [0.29, 0.717) is 45.3 Å². The van der Waals surface area contributed by atoms with E-state index in [-0.39, 0.29) is 81.6 Å². The minimum Gasteiger partial charge on any atom is -0.481 e. The topological polar surface area (TPSA) is 258 Å². The van der Waals surface area contributed by atoms with Crippen LogP contribution in [0, 0.1) is 5.92 Å². The van der Waals surface area contributed by atoms with E-state index in [2.05, 4.69) is 16.0 Å². The third-order valence-corrected chi connectivity index (χ3v) is 10.9. The van der Waals surface area contributed by atoms with Crippen LogP contribution in [0.4, 0.5) is 0 Å². The zero-order valence-corrected chi connectivity index (χ0v) is 34.7. The predicted octanol–water partition coefficient (Wildman–Crippen LogP) is 0.492. The molecule has 9 N–H and O–H groups in total. The first-order chi connectivity index (χ1) is 28.6. The van der Waals surface area contributed by atoms with Crippen molar-refractivity contribution in [1.82, 2.24) is 30.7 Å². The fraction of sp³-hybridized carbons (Fsp3) is 0.558. The highest BCUT2D eigenvalue weighted by Crippen LogP contribution is 2.33. The van der Waals surface area contributed by atoms with Crippen molar-refractivity contribution in [2.45, 2.75) is 108 Å². The predicted molar refractivity (Wildman–Crippen MR) is 223 cm³/mol. The normalized spacial score (nSPS) is 18.0. The Kier molecular flexibility index (Phi) is 18.5. The maximum Gasteiger partial charge on any atom is 0.305 e. The lowest BCUT2D eigenvalue weighted by Gasteiger charge is -2.57. The molecule has 2 aliphatic rings. The van der Waals surface area contributed by atoms with Crippen molar-refractivity contribution in [3.05, 3.63) is 71.8 Å². The molecule has 4 rings (SSSR count). The number of nitrogens with zero attached hydrogens (tertiary/aromatic N) is 3. The minimum absolute atomic E-state index is 0.0264. The van der Waals surface area contributed by atoms with E-state index in [1.54, 1.807) is 4.90 Å². The van der Waals surface area contributed by atoms with Crippen LogP contribution in [0.15, 0.2) is 60.7 Å².